The number of aromatic carboxylic acids is 1. The molecular formula is C15H21FN2O3. The van der Waals surface area contributed by atoms with Gasteiger partial charge in [0, 0.05) is 12.2 Å². The fourth-order valence-corrected chi connectivity index (χ4v) is 1.45. The molecule has 0 aromatic heterocycles. The summed E-state index contributed by atoms with van der Waals surface area (Å²) >= 11 is 0. The summed E-state index contributed by atoms with van der Waals surface area (Å²) in [5.74, 6) is -1.84. The maximum atomic E-state index is 13.5. The summed E-state index contributed by atoms with van der Waals surface area (Å²) in [6.07, 6.45) is 0. The highest BCUT2D eigenvalue weighted by molar-refractivity contribution is 5.91. The average molecular weight is 296 g/mol. The number of anilines is 1. The molecule has 0 aliphatic rings. The van der Waals surface area contributed by atoms with Crippen LogP contribution in [0.2, 0.25) is 0 Å². The second-order valence-corrected chi connectivity index (χ2v) is 5.95. The Morgan fingerprint density at radius 3 is 2.43 bits per heavy atom. The number of hydrogen-bond acceptors (Lipinski definition) is 2. The fourth-order valence-electron chi connectivity index (χ4n) is 1.45. The Hall–Kier alpha value is -2.11. The summed E-state index contributed by atoms with van der Waals surface area (Å²) in [6, 6.07) is 2.99. The summed E-state index contributed by atoms with van der Waals surface area (Å²) in [5.41, 5.74) is -0.283. The zero-order valence-corrected chi connectivity index (χ0v) is 12.7. The standard InChI is InChI=1S/C15H21FN2O3/c1-9(2)15(3,4)8-17-14(21)18-10-5-6-11(13(19)20)12(16)7-10/h5-7,9H,8H2,1-4H3,(H,19,20)(H2,17,18,21). The van der Waals surface area contributed by atoms with Gasteiger partial charge in [-0.3, -0.25) is 0 Å². The van der Waals surface area contributed by atoms with Gasteiger partial charge in [-0.05, 0) is 29.5 Å². The minimum absolute atomic E-state index is 0.0598. The van der Waals surface area contributed by atoms with Crippen molar-refractivity contribution in [2.24, 2.45) is 11.3 Å². The first-order valence-corrected chi connectivity index (χ1v) is 6.71. The lowest BCUT2D eigenvalue weighted by atomic mass is 9.81. The highest BCUT2D eigenvalue weighted by Crippen LogP contribution is 2.24. The van der Waals surface area contributed by atoms with E-state index >= 15 is 0 Å². The van der Waals surface area contributed by atoms with Crippen LogP contribution in [0.1, 0.15) is 38.1 Å². The normalized spacial score (nSPS) is 11.3. The third-order valence-electron chi connectivity index (χ3n) is 3.72. The zero-order chi connectivity index (χ0) is 16.2. The van der Waals surface area contributed by atoms with E-state index in [9.17, 15) is 14.0 Å². The Morgan fingerprint density at radius 1 is 1.33 bits per heavy atom. The van der Waals surface area contributed by atoms with Crippen LogP contribution in [0.3, 0.4) is 0 Å². The Morgan fingerprint density at radius 2 is 1.95 bits per heavy atom. The molecule has 1 aromatic rings. The SMILES string of the molecule is CC(C)C(C)(C)CNC(=O)Nc1ccc(C(=O)O)c(F)c1. The number of hydrogen-bond donors (Lipinski definition) is 3. The molecular weight excluding hydrogens is 275 g/mol. The van der Waals surface area contributed by atoms with Crippen molar-refractivity contribution >= 4 is 17.7 Å². The van der Waals surface area contributed by atoms with Crippen molar-refractivity contribution < 1.29 is 19.1 Å². The number of carbonyl (C=O) groups is 2. The minimum atomic E-state index is -1.35. The third-order valence-corrected chi connectivity index (χ3v) is 3.72. The van der Waals surface area contributed by atoms with E-state index in [0.29, 0.717) is 12.5 Å². The molecule has 0 saturated heterocycles. The van der Waals surface area contributed by atoms with E-state index in [1.807, 2.05) is 13.8 Å². The summed E-state index contributed by atoms with van der Waals surface area (Å²) in [5, 5.41) is 13.9. The van der Waals surface area contributed by atoms with Gasteiger partial charge in [-0.1, -0.05) is 27.7 Å². The molecule has 2 amide bonds. The molecule has 0 radical (unpaired) electrons. The topological polar surface area (TPSA) is 78.4 Å². The van der Waals surface area contributed by atoms with Gasteiger partial charge in [0.25, 0.3) is 0 Å². The second-order valence-electron chi connectivity index (χ2n) is 5.95. The first-order chi connectivity index (χ1) is 9.63. The van der Waals surface area contributed by atoms with Gasteiger partial charge in [0.1, 0.15) is 5.82 Å². The smallest absolute Gasteiger partial charge is 0.338 e. The van der Waals surface area contributed by atoms with E-state index in [1.54, 1.807) is 0 Å². The molecule has 21 heavy (non-hydrogen) atoms. The van der Waals surface area contributed by atoms with E-state index in [0.717, 1.165) is 12.1 Å². The van der Waals surface area contributed by atoms with E-state index in [4.69, 9.17) is 5.11 Å². The number of amides is 2. The molecule has 6 heteroatoms. The molecule has 116 valence electrons. The van der Waals surface area contributed by atoms with E-state index in [-0.39, 0.29) is 11.1 Å². The third kappa shape index (κ3) is 4.73. The predicted molar refractivity (Wildman–Crippen MR) is 79.0 cm³/mol. The molecule has 1 rings (SSSR count). The van der Waals surface area contributed by atoms with Crippen LogP contribution in [0.5, 0.6) is 0 Å². The average Bonchev–Trinajstić information content (AvgIpc) is 2.36. The summed E-state index contributed by atoms with van der Waals surface area (Å²) in [4.78, 5) is 22.4. The van der Waals surface area contributed by atoms with Crippen molar-refractivity contribution in [1.29, 1.82) is 0 Å². The van der Waals surface area contributed by atoms with Crippen LogP contribution in [0.15, 0.2) is 18.2 Å². The van der Waals surface area contributed by atoms with Crippen molar-refractivity contribution in [3.63, 3.8) is 0 Å². The molecule has 0 aliphatic heterocycles. The number of rotatable bonds is 5. The fraction of sp³-hybridized carbons (Fsp3) is 0.467. The Kier molecular flexibility index (Phi) is 5.29. The molecule has 0 aliphatic carbocycles. The molecule has 3 N–H and O–H groups in total. The molecule has 0 unspecified atom stereocenters. The van der Waals surface area contributed by atoms with Crippen LogP contribution in [0.4, 0.5) is 14.9 Å². The molecule has 0 heterocycles. The van der Waals surface area contributed by atoms with Gasteiger partial charge in [-0.25, -0.2) is 14.0 Å². The van der Waals surface area contributed by atoms with Crippen LogP contribution >= 0.6 is 0 Å². The van der Waals surface area contributed by atoms with Crippen molar-refractivity contribution in [2.45, 2.75) is 27.7 Å². The second kappa shape index (κ2) is 6.56. The minimum Gasteiger partial charge on any atom is -0.478 e. The molecule has 5 nitrogen and oxygen atoms in total. The number of halogens is 1. The lowest BCUT2D eigenvalue weighted by Crippen LogP contribution is -2.39. The van der Waals surface area contributed by atoms with Crippen LogP contribution in [0.25, 0.3) is 0 Å². The number of carbonyl (C=O) groups excluding carboxylic acids is 1. The first kappa shape index (κ1) is 16.9. The van der Waals surface area contributed by atoms with Crippen molar-refractivity contribution in [3.8, 4) is 0 Å². The van der Waals surface area contributed by atoms with Gasteiger partial charge < -0.3 is 15.7 Å². The van der Waals surface area contributed by atoms with Gasteiger partial charge in [0.2, 0.25) is 0 Å². The molecule has 0 saturated carbocycles. The monoisotopic (exact) mass is 296 g/mol. The van der Waals surface area contributed by atoms with Gasteiger partial charge >= 0.3 is 12.0 Å². The van der Waals surface area contributed by atoms with E-state index < -0.39 is 23.4 Å². The van der Waals surface area contributed by atoms with Gasteiger partial charge in [0.15, 0.2) is 0 Å². The summed E-state index contributed by atoms with van der Waals surface area (Å²) < 4.78 is 13.5. The van der Waals surface area contributed by atoms with E-state index in [1.165, 1.54) is 6.07 Å². The zero-order valence-electron chi connectivity index (χ0n) is 12.7. The van der Waals surface area contributed by atoms with Gasteiger partial charge in [-0.15, -0.1) is 0 Å². The summed E-state index contributed by atoms with van der Waals surface area (Å²) in [6.45, 7) is 8.70. The maximum Gasteiger partial charge on any atom is 0.338 e. The maximum absolute atomic E-state index is 13.5. The Labute approximate surface area is 123 Å². The number of carboxylic acids is 1. The predicted octanol–water partition coefficient (Wildman–Crippen LogP) is 3.33. The molecule has 0 fully saturated rings. The lowest BCUT2D eigenvalue weighted by Gasteiger charge is -2.29. The number of benzene rings is 1. The number of nitrogens with one attached hydrogen (secondary N) is 2. The van der Waals surface area contributed by atoms with E-state index in [2.05, 4.69) is 24.5 Å². The molecule has 0 spiro atoms. The number of urea groups is 1. The van der Waals surface area contributed by atoms with Crippen LogP contribution in [-0.4, -0.2) is 23.7 Å². The quantitative estimate of drug-likeness (QED) is 0.780. The highest BCUT2D eigenvalue weighted by Gasteiger charge is 2.22. The van der Waals surface area contributed by atoms with Crippen LogP contribution in [0, 0.1) is 17.2 Å². The van der Waals surface area contributed by atoms with Gasteiger partial charge in [0.05, 0.1) is 5.56 Å². The largest absolute Gasteiger partial charge is 0.478 e. The van der Waals surface area contributed by atoms with Crippen LogP contribution < -0.4 is 10.6 Å². The molecule has 1 aromatic carbocycles. The lowest BCUT2D eigenvalue weighted by molar-refractivity contribution is 0.0692. The molecule has 0 atom stereocenters. The van der Waals surface area contributed by atoms with Crippen molar-refractivity contribution in [1.82, 2.24) is 5.32 Å². The molecule has 0 bridgehead atoms. The Bertz CT molecular complexity index is 542. The van der Waals surface area contributed by atoms with Crippen molar-refractivity contribution in [3.05, 3.63) is 29.6 Å². The summed E-state index contributed by atoms with van der Waals surface area (Å²) in [7, 11) is 0. The Balaban J connectivity index is 2.64. The van der Waals surface area contributed by atoms with Gasteiger partial charge in [-0.2, -0.15) is 0 Å². The van der Waals surface area contributed by atoms with Crippen LogP contribution in [-0.2, 0) is 0 Å². The highest BCUT2D eigenvalue weighted by atomic mass is 19.1. The number of carboxylic acid groups (broad SMARTS) is 1. The first-order valence-electron chi connectivity index (χ1n) is 6.71. The van der Waals surface area contributed by atoms with Crippen molar-refractivity contribution in [2.75, 3.05) is 11.9 Å².